The molecule has 2 N–H and O–H groups in total. The smallest absolute Gasteiger partial charge is 0.195 e. The zero-order valence-electron chi connectivity index (χ0n) is 17.4. The Balaban J connectivity index is 1.62. The van der Waals surface area contributed by atoms with E-state index in [-0.39, 0.29) is 0 Å². The van der Waals surface area contributed by atoms with Crippen LogP contribution in [0.3, 0.4) is 0 Å². The maximum Gasteiger partial charge on any atom is 0.195 e. The molecule has 0 bridgehead atoms. The standard InChI is InChI=1S/C22H30N4O3/c1-23-22(25-19-8-9-20(27-2)21(14-19)28-3)24-15-17-6-4-5-7-18(17)16-26-10-12-29-13-11-26/h4-9,14H,10-13,15-16H2,1-3H3,(H2,23,24,25). The van der Waals surface area contributed by atoms with Gasteiger partial charge in [0.05, 0.1) is 27.4 Å². The maximum absolute atomic E-state index is 5.45. The van der Waals surface area contributed by atoms with Gasteiger partial charge in [-0.3, -0.25) is 9.89 Å². The molecular formula is C22H30N4O3. The highest BCUT2D eigenvalue weighted by Crippen LogP contribution is 2.29. The van der Waals surface area contributed by atoms with Gasteiger partial charge in [-0.15, -0.1) is 0 Å². The number of aliphatic imine (C=N–C) groups is 1. The van der Waals surface area contributed by atoms with E-state index >= 15 is 0 Å². The van der Waals surface area contributed by atoms with Crippen molar-refractivity contribution in [3.63, 3.8) is 0 Å². The first kappa shape index (κ1) is 21.0. The third-order valence-electron chi connectivity index (χ3n) is 4.93. The van der Waals surface area contributed by atoms with Crippen molar-refractivity contribution in [3.05, 3.63) is 53.6 Å². The van der Waals surface area contributed by atoms with Crippen molar-refractivity contribution in [1.82, 2.24) is 10.2 Å². The molecule has 0 spiro atoms. The highest BCUT2D eigenvalue weighted by Gasteiger charge is 2.13. The summed E-state index contributed by atoms with van der Waals surface area (Å²) in [6, 6.07) is 14.2. The largest absolute Gasteiger partial charge is 0.493 e. The Morgan fingerprint density at radius 2 is 1.76 bits per heavy atom. The number of hydrogen-bond donors (Lipinski definition) is 2. The minimum atomic E-state index is 0.670. The van der Waals surface area contributed by atoms with Gasteiger partial charge in [-0.25, -0.2) is 0 Å². The van der Waals surface area contributed by atoms with Crippen LogP contribution in [0, 0.1) is 0 Å². The van der Waals surface area contributed by atoms with Gasteiger partial charge in [0.15, 0.2) is 17.5 Å². The normalized spacial score (nSPS) is 15.1. The first-order valence-corrected chi connectivity index (χ1v) is 9.80. The Kier molecular flexibility index (Phi) is 7.72. The molecule has 1 aliphatic rings. The summed E-state index contributed by atoms with van der Waals surface area (Å²) in [5.74, 6) is 2.06. The molecule has 0 unspecified atom stereocenters. The lowest BCUT2D eigenvalue weighted by molar-refractivity contribution is 0.0341. The topological polar surface area (TPSA) is 67.4 Å². The van der Waals surface area contributed by atoms with E-state index in [2.05, 4.69) is 44.8 Å². The van der Waals surface area contributed by atoms with Gasteiger partial charge in [0.1, 0.15) is 0 Å². The first-order chi connectivity index (χ1) is 14.2. The number of guanidine groups is 1. The van der Waals surface area contributed by atoms with Crippen molar-refractivity contribution in [2.45, 2.75) is 13.1 Å². The molecule has 2 aromatic carbocycles. The van der Waals surface area contributed by atoms with Crippen molar-refractivity contribution in [1.29, 1.82) is 0 Å². The van der Waals surface area contributed by atoms with Crippen molar-refractivity contribution in [2.24, 2.45) is 4.99 Å². The molecule has 0 atom stereocenters. The van der Waals surface area contributed by atoms with E-state index in [4.69, 9.17) is 14.2 Å². The third-order valence-corrected chi connectivity index (χ3v) is 4.93. The second-order valence-corrected chi connectivity index (χ2v) is 6.78. The summed E-state index contributed by atoms with van der Waals surface area (Å²) in [6.45, 7) is 5.19. The van der Waals surface area contributed by atoms with Crippen molar-refractivity contribution in [3.8, 4) is 11.5 Å². The van der Waals surface area contributed by atoms with Crippen molar-refractivity contribution < 1.29 is 14.2 Å². The summed E-state index contributed by atoms with van der Waals surface area (Å²) in [4.78, 5) is 6.77. The number of nitrogens with zero attached hydrogens (tertiary/aromatic N) is 2. The molecule has 1 heterocycles. The molecule has 0 saturated carbocycles. The zero-order chi connectivity index (χ0) is 20.5. The van der Waals surface area contributed by atoms with Gasteiger partial charge in [-0.2, -0.15) is 0 Å². The van der Waals surface area contributed by atoms with Gasteiger partial charge >= 0.3 is 0 Å². The monoisotopic (exact) mass is 398 g/mol. The fourth-order valence-electron chi connectivity index (χ4n) is 3.29. The zero-order valence-corrected chi connectivity index (χ0v) is 17.4. The summed E-state index contributed by atoms with van der Waals surface area (Å²) in [6.07, 6.45) is 0. The second-order valence-electron chi connectivity index (χ2n) is 6.78. The fraction of sp³-hybridized carbons (Fsp3) is 0.409. The highest BCUT2D eigenvalue weighted by molar-refractivity contribution is 5.93. The van der Waals surface area contributed by atoms with Crippen LogP contribution in [-0.4, -0.2) is 58.4 Å². The van der Waals surface area contributed by atoms with Gasteiger partial charge in [-0.1, -0.05) is 24.3 Å². The Hall–Kier alpha value is -2.77. The van der Waals surface area contributed by atoms with Gasteiger partial charge in [0.25, 0.3) is 0 Å². The predicted molar refractivity (Wildman–Crippen MR) is 116 cm³/mol. The summed E-state index contributed by atoms with van der Waals surface area (Å²) < 4.78 is 16.1. The van der Waals surface area contributed by atoms with Crippen LogP contribution >= 0.6 is 0 Å². The van der Waals surface area contributed by atoms with E-state index in [1.54, 1.807) is 21.3 Å². The Labute approximate surface area is 172 Å². The molecule has 1 fully saturated rings. The number of hydrogen-bond acceptors (Lipinski definition) is 5. The number of nitrogens with one attached hydrogen (secondary N) is 2. The lowest BCUT2D eigenvalue weighted by Crippen LogP contribution is -2.36. The molecule has 3 rings (SSSR count). The molecule has 0 aliphatic carbocycles. The molecule has 1 aliphatic heterocycles. The van der Waals surface area contributed by atoms with E-state index in [0.717, 1.165) is 38.5 Å². The summed E-state index contributed by atoms with van der Waals surface area (Å²) in [5.41, 5.74) is 3.45. The number of ether oxygens (including phenoxy) is 3. The average molecular weight is 399 g/mol. The number of anilines is 1. The van der Waals surface area contributed by atoms with E-state index < -0.39 is 0 Å². The first-order valence-electron chi connectivity index (χ1n) is 9.80. The highest BCUT2D eigenvalue weighted by atomic mass is 16.5. The Morgan fingerprint density at radius 3 is 2.45 bits per heavy atom. The number of methoxy groups -OCH3 is 2. The van der Waals surface area contributed by atoms with Crippen LogP contribution in [0.1, 0.15) is 11.1 Å². The van der Waals surface area contributed by atoms with Crippen LogP contribution in [0.25, 0.3) is 0 Å². The Morgan fingerprint density at radius 1 is 1.03 bits per heavy atom. The van der Waals surface area contributed by atoms with Gasteiger partial charge < -0.3 is 24.8 Å². The van der Waals surface area contributed by atoms with E-state index in [1.807, 2.05) is 18.2 Å². The molecule has 29 heavy (non-hydrogen) atoms. The van der Waals surface area contributed by atoms with Gasteiger partial charge in [0.2, 0.25) is 0 Å². The van der Waals surface area contributed by atoms with Crippen molar-refractivity contribution >= 4 is 11.6 Å². The van der Waals surface area contributed by atoms with E-state index in [9.17, 15) is 0 Å². The van der Waals surface area contributed by atoms with E-state index in [0.29, 0.717) is 24.0 Å². The minimum Gasteiger partial charge on any atom is -0.493 e. The number of benzene rings is 2. The quantitative estimate of drug-likeness (QED) is 0.552. The van der Waals surface area contributed by atoms with E-state index in [1.165, 1.54) is 11.1 Å². The molecule has 0 amide bonds. The Bertz CT molecular complexity index is 819. The van der Waals surface area contributed by atoms with Crippen molar-refractivity contribution in [2.75, 3.05) is 52.9 Å². The fourth-order valence-corrected chi connectivity index (χ4v) is 3.29. The summed E-state index contributed by atoms with van der Waals surface area (Å²) >= 11 is 0. The van der Waals surface area contributed by atoms with Crippen LogP contribution in [0.5, 0.6) is 11.5 Å². The van der Waals surface area contributed by atoms with Crippen LogP contribution < -0.4 is 20.1 Å². The van der Waals surface area contributed by atoms with Crippen LogP contribution in [0.2, 0.25) is 0 Å². The van der Waals surface area contributed by atoms with Crippen LogP contribution in [-0.2, 0) is 17.8 Å². The summed E-state index contributed by atoms with van der Waals surface area (Å²) in [7, 11) is 5.01. The molecule has 2 aromatic rings. The lowest BCUT2D eigenvalue weighted by atomic mass is 10.1. The molecule has 0 aromatic heterocycles. The second kappa shape index (κ2) is 10.7. The van der Waals surface area contributed by atoms with Gasteiger partial charge in [-0.05, 0) is 23.3 Å². The summed E-state index contributed by atoms with van der Waals surface area (Å²) in [5, 5.41) is 6.70. The van der Waals surface area contributed by atoms with Crippen LogP contribution in [0.4, 0.5) is 5.69 Å². The average Bonchev–Trinajstić information content (AvgIpc) is 2.78. The maximum atomic E-state index is 5.45. The third kappa shape index (κ3) is 5.85. The predicted octanol–water partition coefficient (Wildman–Crippen LogP) is 2.72. The van der Waals surface area contributed by atoms with Crippen LogP contribution in [0.15, 0.2) is 47.5 Å². The SMILES string of the molecule is CN=C(NCc1ccccc1CN1CCOCC1)Nc1ccc(OC)c(OC)c1. The molecule has 7 heteroatoms. The molecule has 7 nitrogen and oxygen atoms in total. The minimum absolute atomic E-state index is 0.670. The lowest BCUT2D eigenvalue weighted by Gasteiger charge is -2.27. The number of morpholine rings is 1. The molecule has 1 saturated heterocycles. The molecule has 156 valence electrons. The number of rotatable bonds is 7. The molecule has 0 radical (unpaired) electrons. The van der Waals surface area contributed by atoms with Gasteiger partial charge in [0, 0.05) is 45.0 Å². The molecular weight excluding hydrogens is 368 g/mol.